The summed E-state index contributed by atoms with van der Waals surface area (Å²) in [5.41, 5.74) is 1.57. The van der Waals surface area contributed by atoms with Crippen molar-refractivity contribution in [3.63, 3.8) is 0 Å². The Kier molecular flexibility index (Phi) is 4.60. The molecule has 0 radical (unpaired) electrons. The highest BCUT2D eigenvalue weighted by molar-refractivity contribution is 5.66. The number of phenols is 1. The Bertz CT molecular complexity index is 1180. The number of nitrogens with one attached hydrogen (secondary N) is 1. The largest absolute Gasteiger partial charge is 0.507 e. The normalized spacial score (nSPS) is 26.6. The van der Waals surface area contributed by atoms with E-state index in [9.17, 15) is 5.11 Å². The van der Waals surface area contributed by atoms with Crippen LogP contribution in [0.5, 0.6) is 5.75 Å². The van der Waals surface area contributed by atoms with Crippen LogP contribution in [0.1, 0.15) is 45.2 Å². The van der Waals surface area contributed by atoms with Gasteiger partial charge in [0.1, 0.15) is 11.8 Å². The molecule has 2 aromatic heterocycles. The van der Waals surface area contributed by atoms with Crippen molar-refractivity contribution in [1.29, 1.82) is 5.26 Å². The minimum atomic E-state index is -0.00445. The third-order valence-corrected chi connectivity index (χ3v) is 6.76. The second-order valence-electron chi connectivity index (χ2n) is 9.42. The van der Waals surface area contributed by atoms with Gasteiger partial charge in [-0.15, -0.1) is 15.3 Å². The highest BCUT2D eigenvalue weighted by Crippen LogP contribution is 2.43. The molecule has 10 heteroatoms. The van der Waals surface area contributed by atoms with Gasteiger partial charge in [-0.3, -0.25) is 0 Å². The van der Waals surface area contributed by atoms with Gasteiger partial charge in [0.15, 0.2) is 17.3 Å². The third-order valence-electron chi connectivity index (χ3n) is 6.76. The molecule has 1 aromatic carbocycles. The van der Waals surface area contributed by atoms with E-state index in [0.717, 1.165) is 18.7 Å². The Balaban J connectivity index is 1.35. The lowest BCUT2D eigenvalue weighted by molar-refractivity contribution is 0.207. The summed E-state index contributed by atoms with van der Waals surface area (Å²) in [4.78, 5) is 6.64. The van der Waals surface area contributed by atoms with E-state index in [-0.39, 0.29) is 22.5 Å². The van der Waals surface area contributed by atoms with Crippen molar-refractivity contribution in [2.75, 3.05) is 11.9 Å². The average molecular weight is 432 g/mol. The molecule has 2 aliphatic rings. The number of phenolic OH excluding ortho intramolecular Hbond substituents is 1. The lowest BCUT2D eigenvalue weighted by Crippen LogP contribution is -2.58. The number of rotatable bonds is 4. The van der Waals surface area contributed by atoms with Gasteiger partial charge in [0.2, 0.25) is 0 Å². The lowest BCUT2D eigenvalue weighted by atomic mass is 9.84. The molecule has 2 fully saturated rings. The maximum Gasteiger partial charge on any atom is 0.185 e. The predicted molar refractivity (Wildman–Crippen MR) is 117 cm³/mol. The number of anilines is 1. The molecule has 3 atom stereocenters. The van der Waals surface area contributed by atoms with Crippen LogP contribution in [0.15, 0.2) is 30.6 Å². The highest BCUT2D eigenvalue weighted by Gasteiger charge is 2.49. The molecular weight excluding hydrogens is 406 g/mol. The van der Waals surface area contributed by atoms with Crippen molar-refractivity contribution in [3.8, 4) is 28.9 Å². The van der Waals surface area contributed by atoms with E-state index in [1.165, 1.54) is 29.8 Å². The van der Waals surface area contributed by atoms with E-state index < -0.39 is 0 Å². The fourth-order valence-electron chi connectivity index (χ4n) is 5.13. The number of hydrogen-bond donors (Lipinski definition) is 2. The van der Waals surface area contributed by atoms with E-state index in [0.29, 0.717) is 23.1 Å². The van der Waals surface area contributed by atoms with Crippen LogP contribution >= 0.6 is 0 Å². The van der Waals surface area contributed by atoms with Gasteiger partial charge < -0.3 is 15.3 Å². The average Bonchev–Trinajstić information content (AvgIpc) is 3.34. The lowest BCUT2D eigenvalue weighted by Gasteiger charge is -2.45. The smallest absolute Gasteiger partial charge is 0.185 e. The summed E-state index contributed by atoms with van der Waals surface area (Å²) in [6, 6.07) is 7.27. The molecule has 32 heavy (non-hydrogen) atoms. The monoisotopic (exact) mass is 431 g/mol. The number of aromatic nitrogens is 6. The SMILES string of the molecule is CN(c1cnc(-c2ccc(-n3cc(C#N)nn3)cc2O)nn1)[C@H]1C[C@]2(C)CC[C@](C)(C1)N2. The summed E-state index contributed by atoms with van der Waals surface area (Å²) >= 11 is 0. The van der Waals surface area contributed by atoms with Crippen LogP contribution < -0.4 is 10.2 Å². The number of fused-ring (bicyclic) bond motifs is 2. The minimum absolute atomic E-state index is 0.00445. The van der Waals surface area contributed by atoms with E-state index in [1.807, 2.05) is 13.1 Å². The summed E-state index contributed by atoms with van der Waals surface area (Å²) < 4.78 is 1.42. The van der Waals surface area contributed by atoms with Gasteiger partial charge in [0.05, 0.1) is 23.6 Å². The van der Waals surface area contributed by atoms with Gasteiger partial charge in [-0.2, -0.15) is 5.26 Å². The molecule has 10 nitrogen and oxygen atoms in total. The van der Waals surface area contributed by atoms with E-state index in [2.05, 4.69) is 49.6 Å². The van der Waals surface area contributed by atoms with Crippen LogP contribution in [0.3, 0.4) is 0 Å². The zero-order valence-electron chi connectivity index (χ0n) is 18.3. The number of nitrogens with zero attached hydrogens (tertiary/aromatic N) is 8. The summed E-state index contributed by atoms with van der Waals surface area (Å²) in [6.07, 6.45) is 7.70. The summed E-state index contributed by atoms with van der Waals surface area (Å²) in [7, 11) is 2.05. The number of nitriles is 1. The molecule has 0 saturated carbocycles. The van der Waals surface area contributed by atoms with Crippen molar-refractivity contribution in [3.05, 3.63) is 36.3 Å². The van der Waals surface area contributed by atoms with E-state index in [4.69, 9.17) is 5.26 Å². The quantitative estimate of drug-likeness (QED) is 0.638. The molecule has 0 aliphatic carbocycles. The zero-order valence-corrected chi connectivity index (χ0v) is 18.3. The summed E-state index contributed by atoms with van der Waals surface area (Å²) in [6.45, 7) is 4.61. The molecule has 2 bridgehead atoms. The maximum absolute atomic E-state index is 10.5. The summed E-state index contributed by atoms with van der Waals surface area (Å²) in [5, 5.41) is 39.5. The Morgan fingerprint density at radius 3 is 2.53 bits per heavy atom. The summed E-state index contributed by atoms with van der Waals surface area (Å²) in [5.74, 6) is 1.05. The van der Waals surface area contributed by atoms with Crippen LogP contribution in [0, 0.1) is 11.3 Å². The Morgan fingerprint density at radius 2 is 1.94 bits per heavy atom. The Hall–Kier alpha value is -3.58. The number of benzene rings is 1. The molecular formula is C22H25N9O. The molecule has 2 N–H and O–H groups in total. The van der Waals surface area contributed by atoms with Gasteiger partial charge in [-0.25, -0.2) is 9.67 Å². The van der Waals surface area contributed by atoms with Gasteiger partial charge in [-0.1, -0.05) is 5.21 Å². The maximum atomic E-state index is 10.5. The van der Waals surface area contributed by atoms with Gasteiger partial charge in [0.25, 0.3) is 0 Å². The van der Waals surface area contributed by atoms with Crippen molar-refractivity contribution >= 4 is 5.82 Å². The van der Waals surface area contributed by atoms with Gasteiger partial charge >= 0.3 is 0 Å². The molecule has 4 heterocycles. The van der Waals surface area contributed by atoms with Crippen LogP contribution in [-0.2, 0) is 0 Å². The molecule has 0 unspecified atom stereocenters. The van der Waals surface area contributed by atoms with Crippen molar-refractivity contribution in [2.24, 2.45) is 0 Å². The van der Waals surface area contributed by atoms with Gasteiger partial charge in [-0.05, 0) is 51.7 Å². The number of aromatic hydroxyl groups is 1. The van der Waals surface area contributed by atoms with Crippen molar-refractivity contribution < 1.29 is 5.11 Å². The Labute approximate surface area is 185 Å². The molecule has 2 aliphatic heterocycles. The Morgan fingerprint density at radius 1 is 1.19 bits per heavy atom. The fraction of sp³-hybridized carbons (Fsp3) is 0.455. The zero-order chi connectivity index (χ0) is 22.5. The molecule has 2 saturated heterocycles. The van der Waals surface area contributed by atoms with Crippen molar-refractivity contribution in [1.82, 2.24) is 35.5 Å². The van der Waals surface area contributed by atoms with Gasteiger partial charge in [0, 0.05) is 30.2 Å². The molecule has 0 amide bonds. The first-order valence-electron chi connectivity index (χ1n) is 10.7. The van der Waals surface area contributed by atoms with E-state index >= 15 is 0 Å². The predicted octanol–water partition coefficient (Wildman–Crippen LogP) is 2.20. The van der Waals surface area contributed by atoms with Crippen LogP contribution in [0.4, 0.5) is 5.82 Å². The first-order valence-corrected chi connectivity index (χ1v) is 10.7. The van der Waals surface area contributed by atoms with Crippen LogP contribution in [0.2, 0.25) is 0 Å². The molecule has 3 aromatic rings. The third kappa shape index (κ3) is 3.54. The second kappa shape index (κ2) is 7.24. The van der Waals surface area contributed by atoms with E-state index in [1.54, 1.807) is 18.3 Å². The fourth-order valence-corrected chi connectivity index (χ4v) is 5.13. The first kappa shape index (κ1) is 20.3. The highest BCUT2D eigenvalue weighted by atomic mass is 16.3. The van der Waals surface area contributed by atoms with Crippen molar-refractivity contribution in [2.45, 2.75) is 56.7 Å². The molecule has 0 spiro atoms. The first-order chi connectivity index (χ1) is 15.3. The number of piperidine rings is 1. The standard InChI is InChI=1S/C22H25N9O/c1-21-6-7-22(2,28-21)10-16(9-21)30(3)19-12-24-20(27-26-19)17-5-4-15(8-18(17)32)31-13-14(11-23)25-29-31/h4-5,8,12-13,16,28,32H,6-7,9-10H2,1-3H3/t16-,21-,22+. The molecule has 5 rings (SSSR count). The second-order valence-corrected chi connectivity index (χ2v) is 9.42. The topological polar surface area (TPSA) is 129 Å². The minimum Gasteiger partial charge on any atom is -0.507 e. The van der Waals surface area contributed by atoms with Crippen LogP contribution in [-0.4, -0.2) is 59.4 Å². The molecule has 164 valence electrons. The van der Waals surface area contributed by atoms with Crippen LogP contribution in [0.25, 0.3) is 17.1 Å². The number of hydrogen-bond acceptors (Lipinski definition) is 9.